The van der Waals surface area contributed by atoms with Gasteiger partial charge in [0.15, 0.2) is 0 Å². The number of alkyl halides is 2. The molecule has 0 heterocycles. The van der Waals surface area contributed by atoms with Crippen LogP contribution in [0.2, 0.25) is 0 Å². The van der Waals surface area contributed by atoms with Gasteiger partial charge >= 0.3 is 0 Å². The average Bonchev–Trinajstić information content (AvgIpc) is 2.26. The quantitative estimate of drug-likeness (QED) is 0.542. The van der Waals surface area contributed by atoms with Crippen molar-refractivity contribution < 1.29 is 9.53 Å². The largest absolute Gasteiger partial charge is 0.372 e. The lowest BCUT2D eigenvalue weighted by atomic mass is 10.0. The number of carbonyl (C=O) groups excluding carboxylic acids is 1. The maximum Gasteiger partial charge on any atom is 0.246 e. The number of carbonyl (C=O) groups is 1. The van der Waals surface area contributed by atoms with Gasteiger partial charge in [-0.15, -0.1) is 0 Å². The summed E-state index contributed by atoms with van der Waals surface area (Å²) in [5.41, 5.74) is -0.202. The highest BCUT2D eigenvalue weighted by atomic mass is 79.9. The van der Waals surface area contributed by atoms with Crippen LogP contribution in [-0.2, 0) is 9.53 Å². The predicted octanol–water partition coefficient (Wildman–Crippen LogP) is 2.47. The van der Waals surface area contributed by atoms with Crippen LogP contribution in [0, 0.1) is 0 Å². The Morgan fingerprint density at radius 2 is 1.93 bits per heavy atom. The van der Waals surface area contributed by atoms with Gasteiger partial charge in [0.2, 0.25) is 5.91 Å². The van der Waals surface area contributed by atoms with Gasteiger partial charge in [0, 0.05) is 17.3 Å². The summed E-state index contributed by atoms with van der Waals surface area (Å²) in [4.78, 5) is 11.5. The molecule has 1 N–H and O–H groups in total. The van der Waals surface area contributed by atoms with Crippen LogP contribution < -0.4 is 5.32 Å². The number of rotatable bonds is 8. The van der Waals surface area contributed by atoms with Crippen LogP contribution in [0.4, 0.5) is 0 Å². The molecule has 0 radical (unpaired) electrons. The van der Waals surface area contributed by atoms with Gasteiger partial charge in [0.25, 0.3) is 0 Å². The van der Waals surface area contributed by atoms with E-state index in [1.165, 1.54) is 0 Å². The molecule has 0 saturated heterocycles. The Morgan fingerprint density at radius 1 is 1.33 bits per heavy atom. The van der Waals surface area contributed by atoms with Gasteiger partial charge in [0.1, 0.15) is 6.61 Å². The first-order chi connectivity index (χ1) is 7.14. The van der Waals surface area contributed by atoms with Crippen LogP contribution >= 0.6 is 31.9 Å². The van der Waals surface area contributed by atoms with E-state index in [4.69, 9.17) is 4.74 Å². The lowest BCUT2D eigenvalue weighted by Crippen LogP contribution is -2.52. The average molecular weight is 345 g/mol. The molecule has 0 bridgehead atoms. The number of hydrogen-bond acceptors (Lipinski definition) is 2. The predicted molar refractivity (Wildman–Crippen MR) is 69.9 cm³/mol. The summed E-state index contributed by atoms with van der Waals surface area (Å²) in [6.45, 7) is 4.85. The van der Waals surface area contributed by atoms with E-state index in [1.54, 1.807) is 0 Å². The maximum absolute atomic E-state index is 11.5. The van der Waals surface area contributed by atoms with Crippen molar-refractivity contribution in [3.05, 3.63) is 0 Å². The fourth-order valence-electron chi connectivity index (χ4n) is 1.02. The number of amides is 1. The molecule has 0 saturated carbocycles. The van der Waals surface area contributed by atoms with E-state index in [1.807, 2.05) is 6.92 Å². The van der Waals surface area contributed by atoms with Crippen molar-refractivity contribution >= 4 is 37.8 Å². The van der Waals surface area contributed by atoms with E-state index in [0.717, 1.165) is 23.5 Å². The first kappa shape index (κ1) is 15.4. The van der Waals surface area contributed by atoms with Gasteiger partial charge in [-0.1, -0.05) is 45.7 Å². The molecule has 0 aliphatic heterocycles. The van der Waals surface area contributed by atoms with Crippen LogP contribution in [0.3, 0.4) is 0 Å². The molecule has 0 aromatic rings. The maximum atomic E-state index is 11.5. The molecule has 1 amide bonds. The molecule has 0 unspecified atom stereocenters. The summed E-state index contributed by atoms with van der Waals surface area (Å²) in [6.07, 6.45) is 1.81. The Balaban J connectivity index is 4.00. The Kier molecular flexibility index (Phi) is 8.75. The second kappa shape index (κ2) is 8.53. The standard InChI is InChI=1S/C10H19Br2NO2/c1-3-5-15-6-9(14)13-10(4-2,7-11)8-12/h3-8H2,1-2H3,(H,13,14). The summed E-state index contributed by atoms with van der Waals surface area (Å²) in [7, 11) is 0. The number of halogens is 2. The molecular formula is C10H19Br2NO2. The Labute approximate surface area is 109 Å². The molecule has 0 aliphatic rings. The number of hydrogen-bond donors (Lipinski definition) is 1. The van der Waals surface area contributed by atoms with Gasteiger partial charge in [-0.25, -0.2) is 0 Å². The van der Waals surface area contributed by atoms with Gasteiger partial charge in [-0.2, -0.15) is 0 Å². The molecule has 0 aromatic carbocycles. The molecule has 0 aromatic heterocycles. The van der Waals surface area contributed by atoms with Crippen molar-refractivity contribution in [3.63, 3.8) is 0 Å². The third kappa shape index (κ3) is 5.88. The minimum atomic E-state index is -0.202. The SMILES string of the molecule is CCCOCC(=O)NC(CC)(CBr)CBr. The fraction of sp³-hybridized carbons (Fsp3) is 0.900. The van der Waals surface area contributed by atoms with E-state index >= 15 is 0 Å². The Hall–Kier alpha value is 0.390. The molecule has 0 rings (SSSR count). The normalized spacial score (nSPS) is 11.5. The molecule has 90 valence electrons. The van der Waals surface area contributed by atoms with Crippen molar-refractivity contribution in [3.8, 4) is 0 Å². The second-order valence-corrected chi connectivity index (χ2v) is 4.62. The highest BCUT2D eigenvalue weighted by Gasteiger charge is 2.27. The third-order valence-electron chi connectivity index (χ3n) is 2.17. The Morgan fingerprint density at radius 3 is 2.33 bits per heavy atom. The van der Waals surface area contributed by atoms with E-state index in [0.29, 0.717) is 6.61 Å². The zero-order chi connectivity index (χ0) is 11.7. The van der Waals surface area contributed by atoms with Crippen LogP contribution in [-0.4, -0.2) is 35.3 Å². The lowest BCUT2D eigenvalue weighted by Gasteiger charge is -2.29. The van der Waals surface area contributed by atoms with Crippen LogP contribution in [0.15, 0.2) is 0 Å². The molecule has 0 atom stereocenters. The van der Waals surface area contributed by atoms with Crippen molar-refractivity contribution in [2.24, 2.45) is 0 Å². The second-order valence-electron chi connectivity index (χ2n) is 3.50. The van der Waals surface area contributed by atoms with Crippen molar-refractivity contribution in [1.29, 1.82) is 0 Å². The zero-order valence-electron chi connectivity index (χ0n) is 9.32. The van der Waals surface area contributed by atoms with Crippen molar-refractivity contribution in [2.75, 3.05) is 23.9 Å². The summed E-state index contributed by atoms with van der Waals surface area (Å²) < 4.78 is 5.18. The van der Waals surface area contributed by atoms with Crippen molar-refractivity contribution in [1.82, 2.24) is 5.32 Å². The number of ether oxygens (including phenoxy) is 1. The van der Waals surface area contributed by atoms with Gasteiger partial charge in [-0.05, 0) is 12.8 Å². The Bertz CT molecular complexity index is 176. The van der Waals surface area contributed by atoms with E-state index in [2.05, 4.69) is 44.1 Å². The topological polar surface area (TPSA) is 38.3 Å². The smallest absolute Gasteiger partial charge is 0.246 e. The van der Waals surface area contributed by atoms with Crippen LogP contribution in [0.5, 0.6) is 0 Å². The van der Waals surface area contributed by atoms with Gasteiger partial charge in [-0.3, -0.25) is 4.79 Å². The minimum Gasteiger partial charge on any atom is -0.372 e. The van der Waals surface area contributed by atoms with E-state index in [9.17, 15) is 4.79 Å². The first-order valence-electron chi connectivity index (χ1n) is 5.14. The van der Waals surface area contributed by atoms with Gasteiger partial charge < -0.3 is 10.1 Å². The summed E-state index contributed by atoms with van der Waals surface area (Å²) in [6, 6.07) is 0. The minimum absolute atomic E-state index is 0.0517. The molecular weight excluding hydrogens is 326 g/mol. The fourth-order valence-corrected chi connectivity index (χ4v) is 3.02. The molecule has 5 heteroatoms. The monoisotopic (exact) mass is 343 g/mol. The number of nitrogens with one attached hydrogen (secondary N) is 1. The highest BCUT2D eigenvalue weighted by molar-refractivity contribution is 9.09. The third-order valence-corrected chi connectivity index (χ3v) is 4.32. The van der Waals surface area contributed by atoms with Crippen molar-refractivity contribution in [2.45, 2.75) is 32.2 Å². The van der Waals surface area contributed by atoms with Crippen LogP contribution in [0.25, 0.3) is 0 Å². The molecule has 15 heavy (non-hydrogen) atoms. The van der Waals surface area contributed by atoms with E-state index in [-0.39, 0.29) is 18.1 Å². The first-order valence-corrected chi connectivity index (χ1v) is 7.39. The lowest BCUT2D eigenvalue weighted by molar-refractivity contribution is -0.127. The summed E-state index contributed by atoms with van der Waals surface area (Å²) >= 11 is 6.84. The van der Waals surface area contributed by atoms with Crippen LogP contribution in [0.1, 0.15) is 26.7 Å². The zero-order valence-corrected chi connectivity index (χ0v) is 12.5. The summed E-state index contributed by atoms with van der Waals surface area (Å²) in [5.74, 6) is -0.0517. The molecule has 0 spiro atoms. The molecule has 3 nitrogen and oxygen atoms in total. The highest BCUT2D eigenvalue weighted by Crippen LogP contribution is 2.16. The molecule has 0 aliphatic carbocycles. The summed E-state index contributed by atoms with van der Waals surface area (Å²) in [5, 5.41) is 4.46. The molecule has 0 fully saturated rings. The van der Waals surface area contributed by atoms with Gasteiger partial charge in [0.05, 0.1) is 5.54 Å². The van der Waals surface area contributed by atoms with E-state index < -0.39 is 0 Å².